The number of ether oxygens (including phenoxy) is 1. The number of benzene rings is 1. The van der Waals surface area contributed by atoms with E-state index in [1.807, 2.05) is 0 Å². The number of fused-ring (bicyclic) bond motifs is 1. The molecule has 1 unspecified atom stereocenters. The fraction of sp³-hybridized carbons (Fsp3) is 0.455. The summed E-state index contributed by atoms with van der Waals surface area (Å²) < 4.78 is 35.1. The van der Waals surface area contributed by atoms with Gasteiger partial charge in [-0.1, -0.05) is 17.7 Å². The molecule has 0 aliphatic carbocycles. The molecule has 11 heteroatoms. The van der Waals surface area contributed by atoms with Crippen molar-refractivity contribution in [1.29, 1.82) is 0 Å². The van der Waals surface area contributed by atoms with E-state index in [-0.39, 0.29) is 57.5 Å². The average molecular weight is 520 g/mol. The number of Topliss-reactive ketones (excluding diaryl/α,β-unsaturated/α-hetero) is 1. The van der Waals surface area contributed by atoms with Gasteiger partial charge in [-0.2, -0.15) is 0 Å². The third-order valence-electron chi connectivity index (χ3n) is 5.89. The predicted octanol–water partition coefficient (Wildman–Crippen LogP) is 3.34. The van der Waals surface area contributed by atoms with Gasteiger partial charge in [0.25, 0.3) is 5.91 Å². The van der Waals surface area contributed by atoms with Gasteiger partial charge in [-0.3, -0.25) is 9.59 Å². The Morgan fingerprint density at radius 3 is 2.73 bits per heavy atom. The Kier molecular flexibility index (Phi) is 8.80. The molecule has 1 amide bonds. The summed E-state index contributed by atoms with van der Waals surface area (Å²) in [6, 6.07) is 2.45. The van der Waals surface area contributed by atoms with E-state index in [9.17, 15) is 14.0 Å². The molecular formula is C22H25Cl2F2N3O3S. The summed E-state index contributed by atoms with van der Waals surface area (Å²) >= 11 is 6.96. The van der Waals surface area contributed by atoms with Gasteiger partial charge in [0.1, 0.15) is 17.7 Å². The number of thioether (sulfide) groups is 1. The molecule has 4 rings (SSSR count). The molecular weight excluding hydrogens is 495 g/mol. The van der Waals surface area contributed by atoms with Crippen LogP contribution in [0.25, 0.3) is 0 Å². The Morgan fingerprint density at radius 2 is 2.03 bits per heavy atom. The number of nitrogens with two attached hydrogens (primary N) is 1. The summed E-state index contributed by atoms with van der Waals surface area (Å²) in [4.78, 5) is 27.3. The van der Waals surface area contributed by atoms with Crippen molar-refractivity contribution in [2.24, 2.45) is 11.7 Å². The number of carbonyl (C=O) groups excluding carboxylic acids is 2. The normalized spacial score (nSPS) is 23.6. The molecule has 2 saturated heterocycles. The van der Waals surface area contributed by atoms with Gasteiger partial charge in [0.15, 0.2) is 5.78 Å². The zero-order chi connectivity index (χ0) is 22.8. The Morgan fingerprint density at radius 1 is 1.30 bits per heavy atom. The monoisotopic (exact) mass is 519 g/mol. The lowest BCUT2D eigenvalue weighted by molar-refractivity contribution is -0.124. The van der Waals surface area contributed by atoms with Crippen LogP contribution >= 0.6 is 35.8 Å². The van der Waals surface area contributed by atoms with Gasteiger partial charge < -0.3 is 20.7 Å². The highest BCUT2D eigenvalue weighted by Crippen LogP contribution is 2.40. The first-order valence-corrected chi connectivity index (χ1v) is 11.8. The molecule has 3 heterocycles. The third-order valence-corrected chi connectivity index (χ3v) is 7.36. The minimum Gasteiger partial charge on any atom is -0.381 e. The van der Waals surface area contributed by atoms with Crippen molar-refractivity contribution >= 4 is 47.5 Å². The van der Waals surface area contributed by atoms with E-state index in [2.05, 4.69) is 5.32 Å². The molecule has 0 bridgehead atoms. The summed E-state index contributed by atoms with van der Waals surface area (Å²) in [5, 5.41) is 3.04. The summed E-state index contributed by atoms with van der Waals surface area (Å²) in [7, 11) is 0. The number of hydrogen-bond acceptors (Lipinski definition) is 6. The van der Waals surface area contributed by atoms with E-state index in [1.165, 1.54) is 29.3 Å². The molecule has 1 aromatic rings. The zero-order valence-electron chi connectivity index (χ0n) is 17.7. The summed E-state index contributed by atoms with van der Waals surface area (Å²) in [6.45, 7) is 1.65. The summed E-state index contributed by atoms with van der Waals surface area (Å²) in [5.41, 5.74) is 6.01. The van der Waals surface area contributed by atoms with Gasteiger partial charge in [-0.05, 0) is 30.9 Å². The summed E-state index contributed by atoms with van der Waals surface area (Å²) in [5.74, 6) is -1.71. The Hall–Kier alpha value is -1.65. The van der Waals surface area contributed by atoms with Crippen molar-refractivity contribution in [2.45, 2.75) is 31.5 Å². The Labute approximate surface area is 206 Å². The van der Waals surface area contributed by atoms with E-state index in [4.69, 9.17) is 22.1 Å². The second-order valence-electron chi connectivity index (χ2n) is 8.12. The first-order valence-electron chi connectivity index (χ1n) is 10.4. The van der Waals surface area contributed by atoms with Crippen LogP contribution < -0.4 is 11.1 Å². The van der Waals surface area contributed by atoms with Crippen LogP contribution in [0.15, 0.2) is 40.7 Å². The van der Waals surface area contributed by atoms with Crippen molar-refractivity contribution in [2.75, 3.05) is 25.5 Å². The first-order chi connectivity index (χ1) is 15.3. The lowest BCUT2D eigenvalue weighted by Gasteiger charge is -2.39. The topological polar surface area (TPSA) is 84.7 Å². The molecule has 2 atom stereocenters. The minimum absolute atomic E-state index is 0. The van der Waals surface area contributed by atoms with Crippen LogP contribution in [0.3, 0.4) is 0 Å². The summed E-state index contributed by atoms with van der Waals surface area (Å²) in [6.07, 6.45) is 2.96. The zero-order valence-corrected chi connectivity index (χ0v) is 20.1. The second-order valence-corrected chi connectivity index (χ2v) is 9.62. The SMILES string of the molecule is Cl.N[C@H]1CSC2=C(F)C(C(=O)NCC3CCOCC3)=CN(Cc3ccc(Cl)cc3F)C2C1=O. The highest BCUT2D eigenvalue weighted by molar-refractivity contribution is 8.03. The van der Waals surface area contributed by atoms with Crippen LogP contribution in [0.1, 0.15) is 18.4 Å². The molecule has 1 aromatic carbocycles. The van der Waals surface area contributed by atoms with E-state index >= 15 is 4.39 Å². The Bertz CT molecular complexity index is 986. The highest BCUT2D eigenvalue weighted by atomic mass is 35.5. The van der Waals surface area contributed by atoms with Crippen molar-refractivity contribution in [3.63, 3.8) is 0 Å². The lowest BCUT2D eigenvalue weighted by atomic mass is 9.97. The number of rotatable bonds is 5. The van der Waals surface area contributed by atoms with E-state index < -0.39 is 29.6 Å². The molecule has 180 valence electrons. The second kappa shape index (κ2) is 11.2. The number of nitrogens with one attached hydrogen (secondary N) is 1. The van der Waals surface area contributed by atoms with Gasteiger partial charge >= 0.3 is 0 Å². The third kappa shape index (κ3) is 5.71. The standard InChI is InChI=1S/C22H24ClF2N3O3S.ClH/c23-14-2-1-13(16(24)7-14)9-28-10-15(22(30)27-8-12-3-5-31-6-4-12)18(25)21-19(28)20(29)17(26)11-32-21;/h1-2,7,10,12,17,19H,3-6,8-9,11,26H2,(H,27,30);1H/t17-,19?;/m0./s1. The van der Waals surface area contributed by atoms with Crippen molar-refractivity contribution in [1.82, 2.24) is 10.2 Å². The number of hydrogen-bond donors (Lipinski definition) is 2. The number of amides is 1. The average Bonchev–Trinajstić information content (AvgIpc) is 2.78. The lowest BCUT2D eigenvalue weighted by Crippen LogP contribution is -2.52. The van der Waals surface area contributed by atoms with Crippen molar-refractivity contribution < 1.29 is 23.1 Å². The molecule has 0 aromatic heterocycles. The number of halogens is 4. The van der Waals surface area contributed by atoms with Gasteiger partial charge in [0.05, 0.1) is 16.5 Å². The highest BCUT2D eigenvalue weighted by Gasteiger charge is 2.43. The molecule has 3 aliphatic heterocycles. The van der Waals surface area contributed by atoms with E-state index in [0.717, 1.165) is 24.6 Å². The van der Waals surface area contributed by atoms with Crippen molar-refractivity contribution in [3.05, 3.63) is 57.1 Å². The number of nitrogens with zero attached hydrogens (tertiary/aromatic N) is 1. The predicted molar refractivity (Wildman–Crippen MR) is 126 cm³/mol. The number of carbonyl (C=O) groups is 2. The van der Waals surface area contributed by atoms with Crippen LogP contribution in [-0.4, -0.2) is 54.2 Å². The maximum Gasteiger partial charge on any atom is 0.255 e. The van der Waals surface area contributed by atoms with Gasteiger partial charge in [0.2, 0.25) is 0 Å². The molecule has 2 fully saturated rings. The van der Waals surface area contributed by atoms with E-state index in [0.29, 0.717) is 19.8 Å². The number of ketones is 1. The molecule has 0 spiro atoms. The maximum absolute atomic E-state index is 15.3. The first kappa shape index (κ1) is 26.0. The fourth-order valence-corrected chi connectivity index (χ4v) is 5.35. The van der Waals surface area contributed by atoms with Crippen LogP contribution in [0.2, 0.25) is 5.02 Å². The molecule has 33 heavy (non-hydrogen) atoms. The Balaban J connectivity index is 0.00000306. The van der Waals surface area contributed by atoms with Crippen LogP contribution in [0.5, 0.6) is 0 Å². The quantitative estimate of drug-likeness (QED) is 0.620. The van der Waals surface area contributed by atoms with Crippen molar-refractivity contribution in [3.8, 4) is 0 Å². The largest absolute Gasteiger partial charge is 0.381 e. The van der Waals surface area contributed by atoms with Gasteiger partial charge in [0, 0.05) is 48.8 Å². The molecule has 0 saturated carbocycles. The maximum atomic E-state index is 15.3. The van der Waals surface area contributed by atoms with E-state index in [1.54, 1.807) is 0 Å². The minimum atomic E-state index is -0.995. The fourth-order valence-electron chi connectivity index (χ4n) is 4.02. The molecule has 0 radical (unpaired) electrons. The smallest absolute Gasteiger partial charge is 0.255 e. The van der Waals surface area contributed by atoms with Crippen LogP contribution in [0, 0.1) is 11.7 Å². The van der Waals surface area contributed by atoms with Crippen LogP contribution in [-0.2, 0) is 20.9 Å². The van der Waals surface area contributed by atoms with Crippen LogP contribution in [0.4, 0.5) is 8.78 Å². The molecule has 3 N–H and O–H groups in total. The molecule has 6 nitrogen and oxygen atoms in total. The van der Waals surface area contributed by atoms with Gasteiger partial charge in [-0.25, -0.2) is 8.78 Å². The molecule has 3 aliphatic rings. The van der Waals surface area contributed by atoms with Gasteiger partial charge in [-0.15, -0.1) is 24.2 Å².